The van der Waals surface area contributed by atoms with Gasteiger partial charge in [0.1, 0.15) is 5.75 Å². The van der Waals surface area contributed by atoms with E-state index in [-0.39, 0.29) is 12.0 Å². The lowest BCUT2D eigenvalue weighted by molar-refractivity contribution is 0.0950. The number of nitrogens with one attached hydrogen (secondary N) is 2. The lowest BCUT2D eigenvalue weighted by Crippen LogP contribution is -2.33. The molecule has 0 aliphatic carbocycles. The minimum absolute atomic E-state index is 0.0204. The van der Waals surface area contributed by atoms with Gasteiger partial charge in [-0.2, -0.15) is 0 Å². The van der Waals surface area contributed by atoms with Gasteiger partial charge in [-0.15, -0.1) is 0 Å². The highest BCUT2D eigenvalue weighted by atomic mass is 16.5. The Bertz CT molecular complexity index is 454. The van der Waals surface area contributed by atoms with Gasteiger partial charge in [-0.1, -0.05) is 6.07 Å². The molecule has 0 radical (unpaired) electrons. The van der Waals surface area contributed by atoms with Crippen LogP contribution in [0.2, 0.25) is 0 Å². The monoisotopic (exact) mass is 290 g/mol. The smallest absolute Gasteiger partial charge is 0.251 e. The highest BCUT2D eigenvalue weighted by Gasteiger charge is 2.13. The second-order valence-corrected chi connectivity index (χ2v) is 5.95. The molecule has 21 heavy (non-hydrogen) atoms. The van der Waals surface area contributed by atoms with Crippen LogP contribution in [0, 0.1) is 5.92 Å². The Labute approximate surface area is 127 Å². The molecule has 2 N–H and O–H groups in total. The van der Waals surface area contributed by atoms with Gasteiger partial charge in [-0.25, -0.2) is 0 Å². The third-order valence-corrected chi connectivity index (χ3v) is 3.71. The van der Waals surface area contributed by atoms with Crippen molar-refractivity contribution in [3.63, 3.8) is 0 Å². The van der Waals surface area contributed by atoms with Gasteiger partial charge < -0.3 is 15.4 Å². The van der Waals surface area contributed by atoms with Crippen LogP contribution in [0.3, 0.4) is 0 Å². The summed E-state index contributed by atoms with van der Waals surface area (Å²) in [6.07, 6.45) is 3.66. The molecule has 1 atom stereocenters. The normalized spacial score (nSPS) is 18.5. The summed E-state index contributed by atoms with van der Waals surface area (Å²) >= 11 is 0. The van der Waals surface area contributed by atoms with E-state index in [4.69, 9.17) is 4.74 Å². The molecule has 1 saturated heterocycles. The van der Waals surface area contributed by atoms with Gasteiger partial charge in [0.15, 0.2) is 0 Å². The van der Waals surface area contributed by atoms with Crippen molar-refractivity contribution >= 4 is 5.91 Å². The summed E-state index contributed by atoms with van der Waals surface area (Å²) in [6, 6.07) is 7.37. The van der Waals surface area contributed by atoms with E-state index in [1.807, 2.05) is 32.0 Å². The summed E-state index contributed by atoms with van der Waals surface area (Å²) in [5, 5.41) is 6.41. The molecular formula is C17H26N2O2. The lowest BCUT2D eigenvalue weighted by atomic mass is 9.96. The maximum Gasteiger partial charge on any atom is 0.251 e. The first-order chi connectivity index (χ1) is 10.1. The summed E-state index contributed by atoms with van der Waals surface area (Å²) < 4.78 is 5.62. The SMILES string of the molecule is CC(C)Oc1cccc(C(=O)NCCC2CCCNC2)c1. The average molecular weight is 290 g/mol. The van der Waals surface area contributed by atoms with Crippen molar-refractivity contribution in [3.8, 4) is 5.75 Å². The summed E-state index contributed by atoms with van der Waals surface area (Å²) in [6.45, 7) is 6.90. The summed E-state index contributed by atoms with van der Waals surface area (Å²) in [5.74, 6) is 1.41. The van der Waals surface area contributed by atoms with Crippen LogP contribution < -0.4 is 15.4 Å². The fourth-order valence-corrected chi connectivity index (χ4v) is 2.65. The highest BCUT2D eigenvalue weighted by molar-refractivity contribution is 5.94. The first-order valence-electron chi connectivity index (χ1n) is 7.91. The number of hydrogen-bond donors (Lipinski definition) is 2. The number of ether oxygens (including phenoxy) is 1. The van der Waals surface area contributed by atoms with E-state index in [0.717, 1.165) is 31.8 Å². The van der Waals surface area contributed by atoms with Crippen LogP contribution in [0.15, 0.2) is 24.3 Å². The Morgan fingerprint density at radius 3 is 3.05 bits per heavy atom. The predicted molar refractivity (Wildman–Crippen MR) is 84.7 cm³/mol. The van der Waals surface area contributed by atoms with Gasteiger partial charge in [-0.05, 0) is 70.3 Å². The zero-order valence-electron chi connectivity index (χ0n) is 13.0. The van der Waals surface area contributed by atoms with E-state index in [0.29, 0.717) is 11.5 Å². The molecular weight excluding hydrogens is 264 g/mol. The van der Waals surface area contributed by atoms with Gasteiger partial charge in [0.25, 0.3) is 5.91 Å². The molecule has 0 bridgehead atoms. The third-order valence-electron chi connectivity index (χ3n) is 3.71. The molecule has 116 valence electrons. The fourth-order valence-electron chi connectivity index (χ4n) is 2.65. The van der Waals surface area contributed by atoms with Crippen LogP contribution in [0.4, 0.5) is 0 Å². The molecule has 1 fully saturated rings. The first kappa shape index (κ1) is 15.8. The number of amides is 1. The number of piperidine rings is 1. The first-order valence-corrected chi connectivity index (χ1v) is 7.91. The van der Waals surface area contributed by atoms with E-state index in [2.05, 4.69) is 10.6 Å². The maximum atomic E-state index is 12.1. The van der Waals surface area contributed by atoms with Crippen LogP contribution >= 0.6 is 0 Å². The standard InChI is InChI=1S/C17H26N2O2/c1-13(2)21-16-7-3-6-15(11-16)17(20)19-10-8-14-5-4-9-18-12-14/h3,6-7,11,13-14,18H,4-5,8-10,12H2,1-2H3,(H,19,20). The van der Waals surface area contributed by atoms with Crippen molar-refractivity contribution in [2.75, 3.05) is 19.6 Å². The van der Waals surface area contributed by atoms with Gasteiger partial charge in [0, 0.05) is 12.1 Å². The second-order valence-electron chi connectivity index (χ2n) is 5.95. The van der Waals surface area contributed by atoms with E-state index >= 15 is 0 Å². The Hall–Kier alpha value is -1.55. The number of benzene rings is 1. The molecule has 1 aromatic carbocycles. The minimum Gasteiger partial charge on any atom is -0.491 e. The van der Waals surface area contributed by atoms with Crippen molar-refractivity contribution in [2.45, 2.75) is 39.2 Å². The van der Waals surface area contributed by atoms with Crippen LogP contribution in [0.5, 0.6) is 5.75 Å². The average Bonchev–Trinajstić information content (AvgIpc) is 2.48. The predicted octanol–water partition coefficient (Wildman–Crippen LogP) is 2.59. The van der Waals surface area contributed by atoms with Crippen molar-refractivity contribution < 1.29 is 9.53 Å². The van der Waals surface area contributed by atoms with Crippen LogP contribution in [0.25, 0.3) is 0 Å². The van der Waals surface area contributed by atoms with Gasteiger partial charge >= 0.3 is 0 Å². The molecule has 4 heteroatoms. The van der Waals surface area contributed by atoms with Crippen molar-refractivity contribution in [1.82, 2.24) is 10.6 Å². The molecule has 1 heterocycles. The number of rotatable bonds is 6. The Kier molecular flexibility index (Phi) is 6.05. The van der Waals surface area contributed by atoms with E-state index < -0.39 is 0 Å². The molecule has 4 nitrogen and oxygen atoms in total. The molecule has 1 aromatic rings. The number of carbonyl (C=O) groups excluding carboxylic acids is 1. The number of carbonyl (C=O) groups is 1. The fraction of sp³-hybridized carbons (Fsp3) is 0.588. The van der Waals surface area contributed by atoms with Crippen molar-refractivity contribution in [3.05, 3.63) is 29.8 Å². The second kappa shape index (κ2) is 8.03. The molecule has 0 spiro atoms. The molecule has 0 saturated carbocycles. The zero-order valence-corrected chi connectivity index (χ0v) is 13.0. The topological polar surface area (TPSA) is 50.4 Å². The van der Waals surface area contributed by atoms with E-state index in [1.54, 1.807) is 6.07 Å². The maximum absolute atomic E-state index is 12.1. The van der Waals surface area contributed by atoms with Crippen molar-refractivity contribution in [1.29, 1.82) is 0 Å². The Morgan fingerprint density at radius 2 is 2.33 bits per heavy atom. The molecule has 1 aliphatic heterocycles. The quantitative estimate of drug-likeness (QED) is 0.846. The van der Waals surface area contributed by atoms with Gasteiger partial charge in [0.2, 0.25) is 0 Å². The minimum atomic E-state index is -0.0204. The van der Waals surface area contributed by atoms with Gasteiger partial charge in [0.05, 0.1) is 6.10 Å². The van der Waals surface area contributed by atoms with E-state index in [1.165, 1.54) is 12.8 Å². The van der Waals surface area contributed by atoms with Gasteiger partial charge in [-0.3, -0.25) is 4.79 Å². The zero-order chi connectivity index (χ0) is 15.1. The summed E-state index contributed by atoms with van der Waals surface area (Å²) in [7, 11) is 0. The summed E-state index contributed by atoms with van der Waals surface area (Å²) in [4.78, 5) is 12.1. The molecule has 0 aromatic heterocycles. The Morgan fingerprint density at radius 1 is 1.48 bits per heavy atom. The van der Waals surface area contributed by atoms with Crippen LogP contribution in [-0.4, -0.2) is 31.6 Å². The third kappa shape index (κ3) is 5.38. The van der Waals surface area contributed by atoms with E-state index in [9.17, 15) is 4.79 Å². The summed E-state index contributed by atoms with van der Waals surface area (Å²) in [5.41, 5.74) is 0.662. The Balaban J connectivity index is 1.79. The lowest BCUT2D eigenvalue weighted by Gasteiger charge is -2.22. The molecule has 1 aliphatic rings. The largest absolute Gasteiger partial charge is 0.491 e. The molecule has 1 amide bonds. The number of hydrogen-bond acceptors (Lipinski definition) is 3. The molecule has 1 unspecified atom stereocenters. The molecule has 2 rings (SSSR count). The van der Waals surface area contributed by atoms with Crippen LogP contribution in [0.1, 0.15) is 43.5 Å². The van der Waals surface area contributed by atoms with Crippen molar-refractivity contribution in [2.24, 2.45) is 5.92 Å². The van der Waals surface area contributed by atoms with Crippen LogP contribution in [-0.2, 0) is 0 Å². The highest BCUT2D eigenvalue weighted by Crippen LogP contribution is 2.15.